The van der Waals surface area contributed by atoms with E-state index in [0.717, 1.165) is 34.0 Å². The van der Waals surface area contributed by atoms with Crippen LogP contribution < -0.4 is 5.32 Å². The number of aryl methyl sites for hydroxylation is 2. The van der Waals surface area contributed by atoms with Gasteiger partial charge in [0.05, 0.1) is 23.0 Å². The number of pyridine rings is 1. The fourth-order valence-corrected chi connectivity index (χ4v) is 3.33. The summed E-state index contributed by atoms with van der Waals surface area (Å²) in [7, 11) is 0. The molecule has 5 nitrogen and oxygen atoms in total. The van der Waals surface area contributed by atoms with Crippen LogP contribution in [-0.2, 0) is 6.54 Å². The molecular weight excluding hydrogens is 381 g/mol. The summed E-state index contributed by atoms with van der Waals surface area (Å²) in [5, 5.41) is 4.64. The molecule has 1 N–H and O–H groups in total. The lowest BCUT2D eigenvalue weighted by atomic mass is 10.1. The largest absolute Gasteiger partial charge is 0.349 e. The third-order valence-corrected chi connectivity index (χ3v) is 4.67. The van der Waals surface area contributed by atoms with E-state index in [1.165, 1.54) is 0 Å². The Hall–Kier alpha value is -2.63. The maximum Gasteiger partial charge on any atom is 0.223 e. The molecule has 136 valence electrons. The van der Waals surface area contributed by atoms with E-state index >= 15 is 0 Å². The van der Waals surface area contributed by atoms with Crippen molar-refractivity contribution in [2.24, 2.45) is 0 Å². The number of rotatable bonds is 4. The van der Waals surface area contributed by atoms with Crippen LogP contribution in [0.2, 0.25) is 10.0 Å². The van der Waals surface area contributed by atoms with E-state index in [-0.39, 0.29) is 0 Å². The number of aromatic nitrogens is 4. The Morgan fingerprint density at radius 2 is 1.56 bits per heavy atom. The van der Waals surface area contributed by atoms with Crippen molar-refractivity contribution in [2.75, 3.05) is 5.32 Å². The summed E-state index contributed by atoms with van der Waals surface area (Å²) in [5.41, 5.74) is 5.48. The number of nitrogens with one attached hydrogen (secondary N) is 1. The van der Waals surface area contributed by atoms with E-state index in [2.05, 4.69) is 15.3 Å². The summed E-state index contributed by atoms with van der Waals surface area (Å²) in [5.74, 6) is 0.589. The quantitative estimate of drug-likeness (QED) is 0.505. The van der Waals surface area contributed by atoms with Crippen LogP contribution in [0.5, 0.6) is 0 Å². The van der Waals surface area contributed by atoms with Crippen molar-refractivity contribution in [3.63, 3.8) is 0 Å². The number of fused-ring (bicyclic) bond motifs is 1. The summed E-state index contributed by atoms with van der Waals surface area (Å²) in [4.78, 5) is 13.7. The smallest absolute Gasteiger partial charge is 0.223 e. The van der Waals surface area contributed by atoms with Crippen molar-refractivity contribution < 1.29 is 0 Å². The second-order valence-electron chi connectivity index (χ2n) is 6.32. The van der Waals surface area contributed by atoms with E-state index < -0.39 is 0 Å². The molecule has 3 heterocycles. The van der Waals surface area contributed by atoms with E-state index in [9.17, 15) is 0 Å². The molecule has 0 amide bonds. The lowest BCUT2D eigenvalue weighted by Gasteiger charge is -2.09. The van der Waals surface area contributed by atoms with E-state index in [1.54, 1.807) is 0 Å². The number of anilines is 1. The van der Waals surface area contributed by atoms with Gasteiger partial charge in [-0.15, -0.1) is 0 Å². The van der Waals surface area contributed by atoms with Crippen molar-refractivity contribution in [3.8, 4) is 11.3 Å². The Kier molecular flexibility index (Phi) is 4.72. The molecule has 0 atom stereocenters. The van der Waals surface area contributed by atoms with Crippen LogP contribution >= 0.6 is 23.2 Å². The first kappa shape index (κ1) is 17.8. The molecule has 0 aliphatic carbocycles. The predicted molar refractivity (Wildman–Crippen MR) is 109 cm³/mol. The van der Waals surface area contributed by atoms with E-state index in [0.29, 0.717) is 22.5 Å². The minimum atomic E-state index is 0.502. The first-order chi connectivity index (χ1) is 13.0. The van der Waals surface area contributed by atoms with Crippen LogP contribution in [0.4, 0.5) is 5.95 Å². The van der Waals surface area contributed by atoms with Gasteiger partial charge in [0.25, 0.3) is 0 Å². The lowest BCUT2D eigenvalue weighted by molar-refractivity contribution is 0.958. The van der Waals surface area contributed by atoms with Gasteiger partial charge in [-0.25, -0.2) is 15.0 Å². The molecule has 0 aliphatic heterocycles. The Morgan fingerprint density at radius 1 is 0.889 bits per heavy atom. The topological polar surface area (TPSA) is 55.1 Å². The van der Waals surface area contributed by atoms with Crippen LogP contribution in [-0.4, -0.2) is 19.4 Å². The summed E-state index contributed by atoms with van der Waals surface area (Å²) >= 11 is 12.3. The van der Waals surface area contributed by atoms with Gasteiger partial charge in [-0.2, -0.15) is 0 Å². The fraction of sp³-hybridized carbons (Fsp3) is 0.150. The second kappa shape index (κ2) is 7.18. The number of benzene rings is 1. The molecular formula is C20H17Cl2N5. The van der Waals surface area contributed by atoms with Crippen LogP contribution in [0.3, 0.4) is 0 Å². The first-order valence-corrected chi connectivity index (χ1v) is 9.24. The average molecular weight is 398 g/mol. The molecule has 0 bridgehead atoms. The highest BCUT2D eigenvalue weighted by Gasteiger charge is 2.15. The normalized spacial score (nSPS) is 11.1. The maximum absolute atomic E-state index is 6.21. The molecule has 4 rings (SSSR count). The molecule has 7 heteroatoms. The van der Waals surface area contributed by atoms with Gasteiger partial charge < -0.3 is 9.72 Å². The van der Waals surface area contributed by atoms with Crippen LogP contribution in [0.15, 0.2) is 48.7 Å². The molecule has 1 aromatic carbocycles. The molecule has 0 fully saturated rings. The molecule has 4 aromatic rings. The van der Waals surface area contributed by atoms with Gasteiger partial charge >= 0.3 is 0 Å². The molecule has 0 aliphatic rings. The maximum atomic E-state index is 6.21. The van der Waals surface area contributed by atoms with Gasteiger partial charge in [-0.3, -0.25) is 0 Å². The van der Waals surface area contributed by atoms with Crippen molar-refractivity contribution in [1.29, 1.82) is 0 Å². The minimum absolute atomic E-state index is 0.502. The molecule has 0 radical (unpaired) electrons. The summed E-state index contributed by atoms with van der Waals surface area (Å²) < 4.78 is 1.99. The van der Waals surface area contributed by atoms with Crippen LogP contribution in [0.1, 0.15) is 17.1 Å². The predicted octanol–water partition coefficient (Wildman–Crippen LogP) is 5.33. The summed E-state index contributed by atoms with van der Waals surface area (Å²) in [6.07, 6.45) is 1.86. The monoisotopic (exact) mass is 397 g/mol. The zero-order valence-corrected chi connectivity index (χ0v) is 16.4. The second-order valence-corrected chi connectivity index (χ2v) is 7.19. The van der Waals surface area contributed by atoms with Crippen molar-refractivity contribution >= 4 is 34.8 Å². The standard InChI is InChI=1S/C20H17Cl2N5/c1-12-9-13(2)25-20(24-12)23-10-17-19(14-3-5-15(21)6-4-14)26-18-8-7-16(22)11-27(17)18/h3-9,11H,10H2,1-2H3,(H,23,24,25). The highest BCUT2D eigenvalue weighted by molar-refractivity contribution is 6.30. The molecule has 0 saturated carbocycles. The minimum Gasteiger partial charge on any atom is -0.349 e. The van der Waals surface area contributed by atoms with Gasteiger partial charge in [0, 0.05) is 28.2 Å². The van der Waals surface area contributed by atoms with Crippen LogP contribution in [0.25, 0.3) is 16.9 Å². The number of imidazole rings is 1. The van der Waals surface area contributed by atoms with Crippen molar-refractivity contribution in [3.05, 3.63) is 75.8 Å². The van der Waals surface area contributed by atoms with Gasteiger partial charge in [0.2, 0.25) is 5.95 Å². The first-order valence-electron chi connectivity index (χ1n) is 8.48. The molecule has 27 heavy (non-hydrogen) atoms. The molecule has 0 saturated heterocycles. The van der Waals surface area contributed by atoms with E-state index in [1.807, 2.05) is 66.9 Å². The van der Waals surface area contributed by atoms with Crippen molar-refractivity contribution in [2.45, 2.75) is 20.4 Å². The lowest BCUT2D eigenvalue weighted by Crippen LogP contribution is -2.08. The zero-order chi connectivity index (χ0) is 19.0. The number of nitrogens with zero attached hydrogens (tertiary/aromatic N) is 4. The van der Waals surface area contributed by atoms with Gasteiger partial charge in [0.1, 0.15) is 5.65 Å². The highest BCUT2D eigenvalue weighted by atomic mass is 35.5. The summed E-state index contributed by atoms with van der Waals surface area (Å²) in [6.45, 7) is 4.41. The zero-order valence-electron chi connectivity index (χ0n) is 14.9. The van der Waals surface area contributed by atoms with Gasteiger partial charge in [-0.1, -0.05) is 35.3 Å². The van der Waals surface area contributed by atoms with Crippen LogP contribution in [0, 0.1) is 13.8 Å². The Morgan fingerprint density at radius 3 is 2.26 bits per heavy atom. The number of hydrogen-bond donors (Lipinski definition) is 1. The van der Waals surface area contributed by atoms with Gasteiger partial charge in [0.15, 0.2) is 0 Å². The van der Waals surface area contributed by atoms with Crippen molar-refractivity contribution in [1.82, 2.24) is 19.4 Å². The average Bonchev–Trinajstić information content (AvgIpc) is 2.97. The molecule has 3 aromatic heterocycles. The fourth-order valence-electron chi connectivity index (χ4n) is 3.04. The molecule has 0 spiro atoms. The third-order valence-electron chi connectivity index (χ3n) is 4.20. The number of halogens is 2. The highest BCUT2D eigenvalue weighted by Crippen LogP contribution is 2.27. The number of hydrogen-bond acceptors (Lipinski definition) is 4. The molecule has 0 unspecified atom stereocenters. The van der Waals surface area contributed by atoms with E-state index in [4.69, 9.17) is 28.2 Å². The Labute approximate surface area is 167 Å². The SMILES string of the molecule is Cc1cc(C)nc(NCc2c(-c3ccc(Cl)cc3)nc3ccc(Cl)cn23)n1. The van der Waals surface area contributed by atoms with Gasteiger partial charge in [-0.05, 0) is 44.2 Å². The third kappa shape index (κ3) is 3.75. The Bertz CT molecular complexity index is 1100. The Balaban J connectivity index is 1.78. The summed E-state index contributed by atoms with van der Waals surface area (Å²) in [6, 6.07) is 13.3.